The fourth-order valence-electron chi connectivity index (χ4n) is 4.45. The highest BCUT2D eigenvalue weighted by molar-refractivity contribution is 5.75. The zero-order chi connectivity index (χ0) is 23.6. The van der Waals surface area contributed by atoms with Crippen molar-refractivity contribution in [1.29, 1.82) is 0 Å². The Morgan fingerprint density at radius 1 is 0.533 bits per heavy atom. The summed E-state index contributed by atoms with van der Waals surface area (Å²) in [6, 6.07) is -0.194. The molecule has 6 heteroatoms. The first-order chi connectivity index (χ1) is 13.4. The molecule has 0 aliphatic carbocycles. The van der Waals surface area contributed by atoms with Gasteiger partial charge >= 0.3 is 12.1 Å². The van der Waals surface area contributed by atoms with Crippen molar-refractivity contribution in [2.45, 2.75) is 119 Å². The number of carbonyl (C=O) groups is 2. The van der Waals surface area contributed by atoms with Crippen molar-refractivity contribution in [3.8, 4) is 0 Å². The van der Waals surface area contributed by atoms with Gasteiger partial charge in [0.15, 0.2) is 0 Å². The highest BCUT2D eigenvalue weighted by Crippen LogP contribution is 2.27. The fraction of sp³-hybridized carbons (Fsp3) is 0.917. The van der Waals surface area contributed by atoms with Crippen LogP contribution in [0.5, 0.6) is 0 Å². The maximum atomic E-state index is 12.1. The van der Waals surface area contributed by atoms with Crippen molar-refractivity contribution in [3.05, 3.63) is 0 Å². The van der Waals surface area contributed by atoms with E-state index in [9.17, 15) is 9.59 Å². The van der Waals surface area contributed by atoms with E-state index in [0.29, 0.717) is 13.1 Å². The third-order valence-corrected chi connectivity index (χ3v) is 4.52. The van der Waals surface area contributed by atoms with Gasteiger partial charge in [-0.15, -0.1) is 0 Å². The van der Waals surface area contributed by atoms with Crippen molar-refractivity contribution in [2.75, 3.05) is 13.1 Å². The third-order valence-electron chi connectivity index (χ3n) is 4.52. The predicted molar refractivity (Wildman–Crippen MR) is 128 cm³/mol. The lowest BCUT2D eigenvalue weighted by Crippen LogP contribution is -2.50. The minimum absolute atomic E-state index is 0.0968. The molecule has 0 aromatic rings. The van der Waals surface area contributed by atoms with Crippen molar-refractivity contribution in [1.82, 2.24) is 21.3 Å². The second kappa shape index (κ2) is 11.8. The standard InChI is InChI=1S/C24H50N4O2/c1-21(2,3)17-23(7,8)27-19(29)25-15-13-11-12-14-16-26-20(30)28-24(9,10)18-22(4,5)6/h11-18H2,1-10H3,(H2,25,27,29)(H2,26,28,30). The molecule has 0 heterocycles. The van der Waals surface area contributed by atoms with Gasteiger partial charge in [0, 0.05) is 24.2 Å². The lowest BCUT2D eigenvalue weighted by Gasteiger charge is -2.33. The Kier molecular flexibility index (Phi) is 11.2. The van der Waals surface area contributed by atoms with Crippen LogP contribution in [0.15, 0.2) is 0 Å². The maximum Gasteiger partial charge on any atom is 0.315 e. The van der Waals surface area contributed by atoms with Gasteiger partial charge in [-0.3, -0.25) is 0 Å². The second-order valence-corrected chi connectivity index (χ2v) is 12.4. The smallest absolute Gasteiger partial charge is 0.315 e. The Bertz CT molecular complexity index is 480. The largest absolute Gasteiger partial charge is 0.338 e. The van der Waals surface area contributed by atoms with E-state index in [-0.39, 0.29) is 34.0 Å². The lowest BCUT2D eigenvalue weighted by molar-refractivity contribution is 0.208. The summed E-state index contributed by atoms with van der Waals surface area (Å²) in [5, 5.41) is 12.0. The van der Waals surface area contributed by atoms with Gasteiger partial charge in [-0.1, -0.05) is 54.4 Å². The highest BCUT2D eigenvalue weighted by Gasteiger charge is 2.27. The van der Waals surface area contributed by atoms with Gasteiger partial charge in [0.05, 0.1) is 0 Å². The predicted octanol–water partition coefficient (Wildman–Crippen LogP) is 5.57. The van der Waals surface area contributed by atoms with Crippen molar-refractivity contribution in [3.63, 3.8) is 0 Å². The molecule has 0 fully saturated rings. The Balaban J connectivity index is 3.84. The van der Waals surface area contributed by atoms with Gasteiger partial charge in [-0.05, 0) is 64.2 Å². The molecule has 0 aliphatic rings. The van der Waals surface area contributed by atoms with E-state index in [0.717, 1.165) is 38.5 Å². The Morgan fingerprint density at radius 2 is 0.833 bits per heavy atom. The molecule has 6 nitrogen and oxygen atoms in total. The first-order valence-corrected chi connectivity index (χ1v) is 11.5. The number of hydrogen-bond acceptors (Lipinski definition) is 2. The molecule has 0 unspecified atom stereocenters. The quantitative estimate of drug-likeness (QED) is 0.325. The first-order valence-electron chi connectivity index (χ1n) is 11.5. The number of nitrogens with one attached hydrogen (secondary N) is 4. The van der Waals surface area contributed by atoms with Crippen LogP contribution in [0, 0.1) is 10.8 Å². The molecule has 0 rings (SSSR count). The summed E-state index contributed by atoms with van der Waals surface area (Å²) >= 11 is 0. The van der Waals surface area contributed by atoms with E-state index in [1.54, 1.807) is 0 Å². The van der Waals surface area contributed by atoms with Crippen LogP contribution in [-0.4, -0.2) is 36.2 Å². The van der Waals surface area contributed by atoms with Crippen LogP contribution in [0.4, 0.5) is 9.59 Å². The van der Waals surface area contributed by atoms with E-state index in [2.05, 4.69) is 90.5 Å². The van der Waals surface area contributed by atoms with Crippen molar-refractivity contribution >= 4 is 12.1 Å². The number of amides is 4. The Labute approximate surface area is 186 Å². The summed E-state index contributed by atoms with van der Waals surface area (Å²) in [7, 11) is 0. The molecule has 4 N–H and O–H groups in total. The molecule has 0 radical (unpaired) electrons. The van der Waals surface area contributed by atoms with Crippen LogP contribution in [0.3, 0.4) is 0 Å². The summed E-state index contributed by atoms with van der Waals surface area (Å²) in [4.78, 5) is 24.2. The summed E-state index contributed by atoms with van der Waals surface area (Å²) < 4.78 is 0. The summed E-state index contributed by atoms with van der Waals surface area (Å²) in [6.07, 6.45) is 5.79. The SMILES string of the molecule is CC(C)(C)CC(C)(C)NC(=O)NCCCCCCNC(=O)NC(C)(C)CC(C)(C)C. The average molecular weight is 427 g/mol. The van der Waals surface area contributed by atoms with Crippen LogP contribution in [0.2, 0.25) is 0 Å². The molecule has 178 valence electrons. The fourth-order valence-corrected chi connectivity index (χ4v) is 4.45. The van der Waals surface area contributed by atoms with Gasteiger partial charge in [0.1, 0.15) is 0 Å². The molecule has 0 atom stereocenters. The molecule has 0 aliphatic heterocycles. The molecule has 0 saturated carbocycles. The normalized spacial score (nSPS) is 13.0. The van der Waals surface area contributed by atoms with Crippen LogP contribution < -0.4 is 21.3 Å². The zero-order valence-corrected chi connectivity index (χ0v) is 21.5. The average Bonchev–Trinajstić information content (AvgIpc) is 2.43. The highest BCUT2D eigenvalue weighted by atomic mass is 16.2. The summed E-state index contributed by atoms with van der Waals surface area (Å²) in [6.45, 7) is 22.7. The van der Waals surface area contributed by atoms with Crippen molar-refractivity contribution in [2.24, 2.45) is 10.8 Å². The zero-order valence-electron chi connectivity index (χ0n) is 21.5. The molecule has 4 amide bonds. The number of urea groups is 2. The number of hydrogen-bond donors (Lipinski definition) is 4. The second-order valence-electron chi connectivity index (χ2n) is 12.4. The van der Waals surface area contributed by atoms with Crippen molar-refractivity contribution < 1.29 is 9.59 Å². The number of carbonyl (C=O) groups excluding carboxylic acids is 2. The minimum atomic E-state index is -0.226. The molecular formula is C24H50N4O2. The number of unbranched alkanes of at least 4 members (excludes halogenated alkanes) is 3. The van der Waals surface area contributed by atoms with E-state index < -0.39 is 0 Å². The molecule has 0 saturated heterocycles. The van der Waals surface area contributed by atoms with E-state index in [4.69, 9.17) is 0 Å². The van der Waals surface area contributed by atoms with E-state index in [1.807, 2.05) is 0 Å². The minimum Gasteiger partial charge on any atom is -0.338 e. The van der Waals surface area contributed by atoms with Gasteiger partial charge < -0.3 is 21.3 Å². The molecule has 0 aromatic heterocycles. The molecular weight excluding hydrogens is 376 g/mol. The van der Waals surface area contributed by atoms with Gasteiger partial charge in [0.25, 0.3) is 0 Å². The van der Waals surface area contributed by atoms with Gasteiger partial charge in [0.2, 0.25) is 0 Å². The van der Waals surface area contributed by atoms with E-state index in [1.165, 1.54) is 0 Å². The molecule has 30 heavy (non-hydrogen) atoms. The third kappa shape index (κ3) is 17.4. The van der Waals surface area contributed by atoms with Gasteiger partial charge in [-0.25, -0.2) is 9.59 Å². The molecule has 0 bridgehead atoms. The lowest BCUT2D eigenvalue weighted by atomic mass is 9.82. The van der Waals surface area contributed by atoms with E-state index >= 15 is 0 Å². The molecule has 0 spiro atoms. The first kappa shape index (κ1) is 28.5. The summed E-state index contributed by atoms with van der Waals surface area (Å²) in [5.74, 6) is 0. The summed E-state index contributed by atoms with van der Waals surface area (Å²) in [5.41, 5.74) is -0.111. The maximum absolute atomic E-state index is 12.1. The van der Waals surface area contributed by atoms with Gasteiger partial charge in [-0.2, -0.15) is 0 Å². The van der Waals surface area contributed by atoms with Crippen LogP contribution in [-0.2, 0) is 0 Å². The molecule has 0 aromatic carbocycles. The Morgan fingerprint density at radius 3 is 1.10 bits per heavy atom. The Hall–Kier alpha value is -1.46. The topological polar surface area (TPSA) is 82.3 Å². The monoisotopic (exact) mass is 426 g/mol. The number of rotatable bonds is 11. The van der Waals surface area contributed by atoms with Crippen LogP contribution in [0.1, 0.15) is 108 Å². The van der Waals surface area contributed by atoms with Crippen LogP contribution in [0.25, 0.3) is 0 Å². The van der Waals surface area contributed by atoms with Crippen LogP contribution >= 0.6 is 0 Å².